The second-order valence-corrected chi connectivity index (χ2v) is 3.51. The molecule has 1 aromatic heterocycles. The van der Waals surface area contributed by atoms with Gasteiger partial charge in [0.15, 0.2) is 0 Å². The van der Waals surface area contributed by atoms with E-state index in [1.807, 2.05) is 0 Å². The lowest BCUT2D eigenvalue weighted by Crippen LogP contribution is -2.26. The summed E-state index contributed by atoms with van der Waals surface area (Å²) in [5.74, 6) is 0.287. The minimum atomic E-state index is -0.311. The second-order valence-electron chi connectivity index (χ2n) is 2.64. The summed E-state index contributed by atoms with van der Waals surface area (Å²) >= 11 is 1.09. The molecular weight excluding hydrogens is 214 g/mol. The second kappa shape index (κ2) is 6.08. The molecule has 1 amide bonds. The van der Waals surface area contributed by atoms with E-state index in [-0.39, 0.29) is 17.6 Å². The van der Waals surface area contributed by atoms with Gasteiger partial charge in [-0.3, -0.25) is 9.59 Å². The zero-order chi connectivity index (χ0) is 11.1. The molecule has 1 heterocycles. The summed E-state index contributed by atoms with van der Waals surface area (Å²) in [4.78, 5) is 22.0. The molecule has 5 heteroatoms. The van der Waals surface area contributed by atoms with Crippen LogP contribution >= 0.6 is 11.8 Å². The van der Waals surface area contributed by atoms with Crippen LogP contribution < -0.4 is 5.32 Å². The zero-order valence-corrected chi connectivity index (χ0v) is 9.04. The van der Waals surface area contributed by atoms with Gasteiger partial charge in [0.25, 0.3) is 0 Å². The molecule has 1 N–H and O–H groups in total. The highest BCUT2D eigenvalue weighted by Gasteiger charge is 2.00. The van der Waals surface area contributed by atoms with E-state index in [1.165, 1.54) is 12.3 Å². The minimum Gasteiger partial charge on any atom is -0.465 e. The Bertz CT molecular complexity index is 357. The molecule has 1 rings (SSSR count). The van der Waals surface area contributed by atoms with Gasteiger partial charge in [-0.15, -0.1) is 0 Å². The number of carbonyl (C=O) groups excluding carboxylic acids is 2. The number of hydrogen-bond donors (Lipinski definition) is 1. The van der Waals surface area contributed by atoms with Crippen molar-refractivity contribution in [2.45, 2.75) is 0 Å². The van der Waals surface area contributed by atoms with Gasteiger partial charge in [0, 0.05) is 6.08 Å². The summed E-state index contributed by atoms with van der Waals surface area (Å²) in [6.07, 6.45) is 6.06. The van der Waals surface area contributed by atoms with E-state index in [2.05, 4.69) is 5.32 Å². The standard InChI is InChI=1S/C10H11NO3S/c1-15-10(13)7-11-9(12)5-4-8-3-2-6-14-8/h2-6H,7H2,1H3,(H,11,12)/b5-4+. The number of hydrogen-bond acceptors (Lipinski definition) is 4. The third-order valence-corrected chi connectivity index (χ3v) is 2.18. The highest BCUT2D eigenvalue weighted by molar-refractivity contribution is 8.13. The fourth-order valence-corrected chi connectivity index (χ4v) is 1.05. The Morgan fingerprint density at radius 2 is 2.40 bits per heavy atom. The van der Waals surface area contributed by atoms with E-state index < -0.39 is 0 Å². The molecule has 0 aliphatic carbocycles. The summed E-state index contributed by atoms with van der Waals surface area (Å²) in [5.41, 5.74) is 0. The van der Waals surface area contributed by atoms with Crippen molar-refractivity contribution in [2.24, 2.45) is 0 Å². The van der Waals surface area contributed by atoms with Crippen LogP contribution in [0.3, 0.4) is 0 Å². The van der Waals surface area contributed by atoms with Crippen LogP contribution in [0, 0.1) is 0 Å². The van der Waals surface area contributed by atoms with Gasteiger partial charge in [-0.25, -0.2) is 0 Å². The Morgan fingerprint density at radius 3 is 3.00 bits per heavy atom. The smallest absolute Gasteiger partial charge is 0.244 e. The SMILES string of the molecule is CSC(=O)CNC(=O)/C=C/c1ccco1. The Balaban J connectivity index is 2.33. The topological polar surface area (TPSA) is 59.3 Å². The molecule has 15 heavy (non-hydrogen) atoms. The molecule has 0 aromatic carbocycles. The summed E-state index contributed by atoms with van der Waals surface area (Å²) < 4.78 is 4.99. The summed E-state index contributed by atoms with van der Waals surface area (Å²) in [6.45, 7) is 0.0441. The molecule has 0 aliphatic rings. The van der Waals surface area contributed by atoms with Crippen molar-refractivity contribution >= 4 is 28.9 Å². The van der Waals surface area contributed by atoms with Crippen LogP contribution in [0.1, 0.15) is 5.76 Å². The third kappa shape index (κ3) is 4.51. The van der Waals surface area contributed by atoms with E-state index >= 15 is 0 Å². The molecule has 0 spiro atoms. The van der Waals surface area contributed by atoms with Crippen LogP contribution in [0.2, 0.25) is 0 Å². The number of carbonyl (C=O) groups is 2. The molecule has 0 fully saturated rings. The normalized spacial score (nSPS) is 10.5. The molecule has 0 saturated heterocycles. The van der Waals surface area contributed by atoms with Crippen LogP contribution in [0.15, 0.2) is 28.9 Å². The van der Waals surface area contributed by atoms with Gasteiger partial charge in [0.2, 0.25) is 11.0 Å². The van der Waals surface area contributed by atoms with Gasteiger partial charge in [0.1, 0.15) is 5.76 Å². The number of amides is 1. The van der Waals surface area contributed by atoms with Crippen molar-refractivity contribution in [3.8, 4) is 0 Å². The highest BCUT2D eigenvalue weighted by atomic mass is 32.2. The van der Waals surface area contributed by atoms with E-state index in [0.717, 1.165) is 11.8 Å². The molecule has 0 unspecified atom stereocenters. The first-order chi connectivity index (χ1) is 7.22. The number of thioether (sulfide) groups is 1. The maximum atomic E-state index is 11.2. The predicted molar refractivity (Wildman–Crippen MR) is 59.3 cm³/mol. The van der Waals surface area contributed by atoms with Gasteiger partial charge in [-0.1, -0.05) is 11.8 Å². The van der Waals surface area contributed by atoms with Crippen molar-refractivity contribution in [1.29, 1.82) is 0 Å². The van der Waals surface area contributed by atoms with E-state index in [1.54, 1.807) is 24.5 Å². The third-order valence-electron chi connectivity index (χ3n) is 1.58. The quantitative estimate of drug-likeness (QED) is 0.785. The highest BCUT2D eigenvalue weighted by Crippen LogP contribution is 2.01. The van der Waals surface area contributed by atoms with E-state index in [0.29, 0.717) is 5.76 Å². The monoisotopic (exact) mass is 225 g/mol. The van der Waals surface area contributed by atoms with Gasteiger partial charge in [-0.05, 0) is 24.5 Å². The minimum absolute atomic E-state index is 0.0441. The molecule has 80 valence electrons. The summed E-state index contributed by atoms with van der Waals surface area (Å²) in [7, 11) is 0. The summed E-state index contributed by atoms with van der Waals surface area (Å²) in [6, 6.07) is 3.46. The maximum absolute atomic E-state index is 11.2. The number of rotatable bonds is 4. The van der Waals surface area contributed by atoms with Crippen LogP contribution in [-0.2, 0) is 9.59 Å². The average Bonchev–Trinajstić information content (AvgIpc) is 2.75. The van der Waals surface area contributed by atoms with Gasteiger partial charge >= 0.3 is 0 Å². The molecule has 0 saturated carbocycles. The first-order valence-corrected chi connectivity index (χ1v) is 5.51. The molecule has 4 nitrogen and oxygen atoms in total. The maximum Gasteiger partial charge on any atom is 0.244 e. The summed E-state index contributed by atoms with van der Waals surface area (Å²) in [5, 5.41) is 2.38. The first-order valence-electron chi connectivity index (χ1n) is 4.28. The molecular formula is C10H11NO3S. The Labute approximate surface area is 91.7 Å². The zero-order valence-electron chi connectivity index (χ0n) is 8.23. The Hall–Kier alpha value is -1.49. The van der Waals surface area contributed by atoms with E-state index in [9.17, 15) is 9.59 Å². The van der Waals surface area contributed by atoms with Gasteiger partial charge in [-0.2, -0.15) is 0 Å². The average molecular weight is 225 g/mol. The Morgan fingerprint density at radius 1 is 1.60 bits per heavy atom. The fraction of sp³-hybridized carbons (Fsp3) is 0.200. The van der Waals surface area contributed by atoms with Crippen molar-refractivity contribution < 1.29 is 14.0 Å². The van der Waals surface area contributed by atoms with Gasteiger partial charge < -0.3 is 9.73 Å². The molecule has 0 aliphatic heterocycles. The first kappa shape index (κ1) is 11.6. The molecule has 1 aromatic rings. The van der Waals surface area contributed by atoms with E-state index in [4.69, 9.17) is 4.42 Å². The van der Waals surface area contributed by atoms with Crippen LogP contribution in [-0.4, -0.2) is 23.8 Å². The van der Waals surface area contributed by atoms with Crippen molar-refractivity contribution in [1.82, 2.24) is 5.32 Å². The molecule has 0 atom stereocenters. The molecule has 0 bridgehead atoms. The van der Waals surface area contributed by atoms with Crippen molar-refractivity contribution in [3.05, 3.63) is 30.2 Å². The molecule has 0 radical (unpaired) electrons. The Kier molecular flexibility index (Phi) is 4.70. The van der Waals surface area contributed by atoms with Crippen LogP contribution in [0.25, 0.3) is 6.08 Å². The fourth-order valence-electron chi connectivity index (χ4n) is 0.834. The van der Waals surface area contributed by atoms with Crippen LogP contribution in [0.5, 0.6) is 0 Å². The lowest BCUT2D eigenvalue weighted by molar-refractivity contribution is -0.119. The predicted octanol–water partition coefficient (Wildman–Crippen LogP) is 1.30. The van der Waals surface area contributed by atoms with Crippen LogP contribution in [0.4, 0.5) is 0 Å². The largest absolute Gasteiger partial charge is 0.465 e. The van der Waals surface area contributed by atoms with Crippen molar-refractivity contribution in [3.63, 3.8) is 0 Å². The van der Waals surface area contributed by atoms with Crippen molar-refractivity contribution in [2.75, 3.05) is 12.8 Å². The lowest BCUT2D eigenvalue weighted by Gasteiger charge is -1.97. The lowest BCUT2D eigenvalue weighted by atomic mass is 10.4. The number of furan rings is 1. The number of nitrogens with one attached hydrogen (secondary N) is 1. The van der Waals surface area contributed by atoms with Gasteiger partial charge in [0.05, 0.1) is 12.8 Å².